The van der Waals surface area contributed by atoms with Crippen molar-refractivity contribution in [2.24, 2.45) is 0 Å². The summed E-state index contributed by atoms with van der Waals surface area (Å²) >= 11 is 3.35. The van der Waals surface area contributed by atoms with Crippen molar-refractivity contribution >= 4 is 15.9 Å². The fraction of sp³-hybridized carbons (Fsp3) is 0.538. The van der Waals surface area contributed by atoms with Crippen LogP contribution in [0.3, 0.4) is 0 Å². The lowest BCUT2D eigenvalue weighted by Crippen LogP contribution is -2.27. The largest absolute Gasteiger partial charge is 0.317 e. The molecule has 2 rings (SSSR count). The summed E-state index contributed by atoms with van der Waals surface area (Å²) in [4.78, 5) is 0. The molecule has 1 nitrogen and oxygen atoms in total. The van der Waals surface area contributed by atoms with Crippen LogP contribution in [0.15, 0.2) is 22.7 Å². The smallest absolute Gasteiger partial charge is 0.123 e. The summed E-state index contributed by atoms with van der Waals surface area (Å²) in [6, 6.07) is 4.44. The van der Waals surface area contributed by atoms with Crippen molar-refractivity contribution < 1.29 is 8.78 Å². The Morgan fingerprint density at radius 2 is 2.12 bits per heavy atom. The zero-order chi connectivity index (χ0) is 12.3. The number of rotatable bonds is 2. The molecule has 1 heterocycles. The zero-order valence-corrected chi connectivity index (χ0v) is 11.2. The van der Waals surface area contributed by atoms with Crippen LogP contribution in [0.4, 0.5) is 8.78 Å². The van der Waals surface area contributed by atoms with Crippen LogP contribution in [0, 0.1) is 5.82 Å². The van der Waals surface area contributed by atoms with Crippen molar-refractivity contribution in [3.8, 4) is 0 Å². The van der Waals surface area contributed by atoms with Crippen LogP contribution in [-0.4, -0.2) is 18.8 Å². The summed E-state index contributed by atoms with van der Waals surface area (Å²) in [5, 5.41) is 3.19. The number of hydrogen-bond donors (Lipinski definition) is 1. The molecule has 1 atom stereocenters. The second kappa shape index (κ2) is 5.44. The number of nitrogens with one attached hydrogen (secondary N) is 1. The third kappa shape index (κ3) is 3.49. The van der Waals surface area contributed by atoms with Crippen LogP contribution in [0.2, 0.25) is 0 Å². The molecular formula is C13H16BrF2N. The predicted molar refractivity (Wildman–Crippen MR) is 68.4 cm³/mol. The van der Waals surface area contributed by atoms with Gasteiger partial charge in [0, 0.05) is 10.9 Å². The molecule has 17 heavy (non-hydrogen) atoms. The molecular weight excluding hydrogens is 288 g/mol. The minimum Gasteiger partial charge on any atom is -0.317 e. The first-order valence-electron chi connectivity index (χ1n) is 5.93. The first-order chi connectivity index (χ1) is 8.09. The molecule has 0 aromatic heterocycles. The zero-order valence-electron chi connectivity index (χ0n) is 9.61. The molecule has 1 saturated heterocycles. The normalized spacial score (nSPS) is 25.6. The number of hydrogen-bond acceptors (Lipinski definition) is 1. The van der Waals surface area contributed by atoms with E-state index in [0.29, 0.717) is 19.4 Å². The van der Waals surface area contributed by atoms with E-state index in [1.807, 2.05) is 0 Å². The molecule has 0 spiro atoms. The van der Waals surface area contributed by atoms with Crippen LogP contribution < -0.4 is 5.32 Å². The third-order valence-electron chi connectivity index (χ3n) is 3.24. The van der Waals surface area contributed by atoms with Crippen LogP contribution in [-0.2, 0) is 6.42 Å². The van der Waals surface area contributed by atoms with Crippen molar-refractivity contribution in [2.45, 2.75) is 31.4 Å². The maximum atomic E-state index is 14.6. The Morgan fingerprint density at radius 3 is 2.94 bits per heavy atom. The lowest BCUT2D eigenvalue weighted by molar-refractivity contribution is 0.144. The van der Waals surface area contributed by atoms with E-state index < -0.39 is 5.67 Å². The highest BCUT2D eigenvalue weighted by Crippen LogP contribution is 2.31. The third-order valence-corrected chi connectivity index (χ3v) is 4.02. The van der Waals surface area contributed by atoms with E-state index >= 15 is 0 Å². The predicted octanol–water partition coefficient (Wildman–Crippen LogP) is 3.61. The molecule has 1 aliphatic heterocycles. The van der Waals surface area contributed by atoms with E-state index in [2.05, 4.69) is 21.2 Å². The van der Waals surface area contributed by atoms with Crippen LogP contribution >= 0.6 is 15.9 Å². The Morgan fingerprint density at radius 1 is 1.29 bits per heavy atom. The van der Waals surface area contributed by atoms with Gasteiger partial charge in [-0.15, -0.1) is 0 Å². The van der Waals surface area contributed by atoms with Gasteiger partial charge in [0.25, 0.3) is 0 Å². The first-order valence-corrected chi connectivity index (χ1v) is 6.72. The Balaban J connectivity index is 2.15. The Hall–Kier alpha value is -0.480. The van der Waals surface area contributed by atoms with Gasteiger partial charge in [-0.05, 0) is 56.1 Å². The molecule has 1 aliphatic rings. The Bertz CT molecular complexity index is 387. The lowest BCUT2D eigenvalue weighted by Gasteiger charge is -2.23. The molecule has 4 heteroatoms. The van der Waals surface area contributed by atoms with E-state index in [9.17, 15) is 8.78 Å². The van der Waals surface area contributed by atoms with Gasteiger partial charge in [-0.3, -0.25) is 0 Å². The highest BCUT2D eigenvalue weighted by atomic mass is 79.9. The van der Waals surface area contributed by atoms with Crippen molar-refractivity contribution in [2.75, 3.05) is 13.1 Å². The summed E-state index contributed by atoms with van der Waals surface area (Å²) in [6.07, 6.45) is 2.16. The minimum atomic E-state index is -1.21. The van der Waals surface area contributed by atoms with Gasteiger partial charge in [0.05, 0.1) is 0 Å². The molecule has 1 aromatic carbocycles. The lowest BCUT2D eigenvalue weighted by atomic mass is 9.89. The van der Waals surface area contributed by atoms with E-state index in [4.69, 9.17) is 0 Å². The van der Waals surface area contributed by atoms with E-state index in [1.54, 1.807) is 6.07 Å². The van der Waals surface area contributed by atoms with E-state index in [-0.39, 0.29) is 12.2 Å². The first kappa shape index (κ1) is 13.0. The molecule has 0 bridgehead atoms. The van der Waals surface area contributed by atoms with Crippen LogP contribution in [0.5, 0.6) is 0 Å². The summed E-state index contributed by atoms with van der Waals surface area (Å²) in [5.41, 5.74) is -0.491. The van der Waals surface area contributed by atoms with Crippen molar-refractivity contribution in [1.29, 1.82) is 0 Å². The quantitative estimate of drug-likeness (QED) is 0.880. The average molecular weight is 304 g/mol. The molecule has 1 N–H and O–H groups in total. The van der Waals surface area contributed by atoms with Crippen molar-refractivity contribution in [1.82, 2.24) is 5.32 Å². The molecule has 0 saturated carbocycles. The number of benzene rings is 1. The minimum absolute atomic E-state index is 0.285. The van der Waals surface area contributed by atoms with Gasteiger partial charge in [-0.25, -0.2) is 8.78 Å². The molecule has 1 unspecified atom stereocenters. The molecule has 94 valence electrons. The second-order valence-electron chi connectivity index (χ2n) is 4.67. The van der Waals surface area contributed by atoms with Crippen LogP contribution in [0.25, 0.3) is 0 Å². The monoisotopic (exact) mass is 303 g/mol. The molecule has 1 fully saturated rings. The van der Waals surface area contributed by atoms with Crippen molar-refractivity contribution in [3.63, 3.8) is 0 Å². The number of alkyl halides is 1. The van der Waals surface area contributed by atoms with Gasteiger partial charge in [0.2, 0.25) is 0 Å². The van der Waals surface area contributed by atoms with Crippen LogP contribution in [0.1, 0.15) is 24.8 Å². The molecule has 0 amide bonds. The van der Waals surface area contributed by atoms with Crippen molar-refractivity contribution in [3.05, 3.63) is 34.1 Å². The highest BCUT2D eigenvalue weighted by Gasteiger charge is 2.31. The highest BCUT2D eigenvalue weighted by molar-refractivity contribution is 9.10. The molecule has 0 radical (unpaired) electrons. The van der Waals surface area contributed by atoms with Gasteiger partial charge in [0.15, 0.2) is 0 Å². The van der Waals surface area contributed by atoms with Gasteiger partial charge in [-0.2, -0.15) is 0 Å². The standard InChI is InChI=1S/C13H16BrF2N/c14-12-3-2-11(15)8-10(12)9-13(16)4-1-6-17-7-5-13/h2-3,8,17H,1,4-7,9H2. The Labute approximate surface area is 109 Å². The van der Waals surface area contributed by atoms with Gasteiger partial charge >= 0.3 is 0 Å². The number of halogens is 3. The summed E-state index contributed by atoms with van der Waals surface area (Å²) in [7, 11) is 0. The fourth-order valence-electron chi connectivity index (χ4n) is 2.29. The van der Waals surface area contributed by atoms with Gasteiger partial charge < -0.3 is 5.32 Å². The Kier molecular flexibility index (Phi) is 4.15. The molecule has 0 aliphatic carbocycles. The van der Waals surface area contributed by atoms with Gasteiger partial charge in [-0.1, -0.05) is 15.9 Å². The van der Waals surface area contributed by atoms with E-state index in [0.717, 1.165) is 23.0 Å². The topological polar surface area (TPSA) is 12.0 Å². The summed E-state index contributed by atoms with van der Waals surface area (Å²) < 4.78 is 28.6. The van der Waals surface area contributed by atoms with E-state index in [1.165, 1.54) is 12.1 Å². The fourth-order valence-corrected chi connectivity index (χ4v) is 2.68. The second-order valence-corrected chi connectivity index (χ2v) is 5.52. The van der Waals surface area contributed by atoms with Gasteiger partial charge in [0.1, 0.15) is 11.5 Å². The molecule has 1 aromatic rings. The maximum Gasteiger partial charge on any atom is 0.123 e. The summed E-state index contributed by atoms with van der Waals surface area (Å²) in [6.45, 7) is 1.57. The average Bonchev–Trinajstić information content (AvgIpc) is 2.49. The summed E-state index contributed by atoms with van der Waals surface area (Å²) in [5.74, 6) is -0.307. The SMILES string of the molecule is Fc1ccc(Br)c(CC2(F)CCCNCC2)c1. The maximum absolute atomic E-state index is 14.6.